The number of alkyl halides is 1. The lowest BCUT2D eigenvalue weighted by Crippen LogP contribution is -2.06. The van der Waals surface area contributed by atoms with Gasteiger partial charge in [-0.1, -0.05) is 34.1 Å². The zero-order valence-electron chi connectivity index (χ0n) is 7.81. The summed E-state index contributed by atoms with van der Waals surface area (Å²) in [5, 5.41) is 15.6. The van der Waals surface area contributed by atoms with E-state index in [1.807, 2.05) is 31.3 Å². The zero-order valence-corrected chi connectivity index (χ0v) is 9.40. The Morgan fingerprint density at radius 3 is 2.93 bits per heavy atom. The van der Waals surface area contributed by atoms with E-state index in [0.717, 1.165) is 16.6 Å². The number of halogens is 1. The normalized spacial score (nSPS) is 13.4. The van der Waals surface area contributed by atoms with Crippen LogP contribution in [0.25, 0.3) is 10.9 Å². The van der Waals surface area contributed by atoms with Gasteiger partial charge in [0.05, 0.1) is 11.2 Å². The number of nitrogens with zero attached hydrogens (tertiary/aromatic N) is 2. The van der Waals surface area contributed by atoms with Crippen LogP contribution in [0.15, 0.2) is 24.3 Å². The standard InChI is InChI=1S/C10H11BrN2O/c1-13-10(9(14)6-11)7-4-2-3-5-8(7)12-13/h2-5,9,14H,6H2,1H3. The molecule has 0 fully saturated rings. The van der Waals surface area contributed by atoms with Crippen molar-refractivity contribution in [1.29, 1.82) is 0 Å². The Kier molecular flexibility index (Phi) is 2.56. The molecule has 1 unspecified atom stereocenters. The average molecular weight is 255 g/mol. The van der Waals surface area contributed by atoms with E-state index in [1.54, 1.807) is 4.68 Å². The van der Waals surface area contributed by atoms with Crippen molar-refractivity contribution in [2.45, 2.75) is 6.10 Å². The average Bonchev–Trinajstić information content (AvgIpc) is 2.53. The molecule has 2 aromatic rings. The summed E-state index contributed by atoms with van der Waals surface area (Å²) in [6.45, 7) is 0. The summed E-state index contributed by atoms with van der Waals surface area (Å²) in [6.07, 6.45) is -0.507. The number of rotatable bonds is 2. The largest absolute Gasteiger partial charge is 0.386 e. The predicted octanol–water partition coefficient (Wildman–Crippen LogP) is 2.00. The van der Waals surface area contributed by atoms with Crippen LogP contribution in [0.2, 0.25) is 0 Å². The topological polar surface area (TPSA) is 38.0 Å². The predicted molar refractivity (Wildman–Crippen MR) is 59.5 cm³/mol. The second-order valence-corrected chi connectivity index (χ2v) is 3.84. The fourth-order valence-electron chi connectivity index (χ4n) is 1.64. The fraction of sp³-hybridized carbons (Fsp3) is 0.300. The molecule has 0 radical (unpaired) electrons. The molecule has 0 spiro atoms. The number of hydrogen-bond acceptors (Lipinski definition) is 2. The highest BCUT2D eigenvalue weighted by molar-refractivity contribution is 9.09. The lowest BCUT2D eigenvalue weighted by atomic mass is 10.1. The van der Waals surface area contributed by atoms with E-state index in [2.05, 4.69) is 21.0 Å². The number of aliphatic hydroxyl groups excluding tert-OH is 1. The van der Waals surface area contributed by atoms with Crippen LogP contribution in [0.1, 0.15) is 11.8 Å². The van der Waals surface area contributed by atoms with Gasteiger partial charge in [0.2, 0.25) is 0 Å². The van der Waals surface area contributed by atoms with E-state index in [9.17, 15) is 5.11 Å². The van der Waals surface area contributed by atoms with Crippen molar-refractivity contribution in [3.8, 4) is 0 Å². The summed E-state index contributed by atoms with van der Waals surface area (Å²) in [4.78, 5) is 0. The van der Waals surface area contributed by atoms with Crippen LogP contribution in [-0.2, 0) is 7.05 Å². The van der Waals surface area contributed by atoms with Crippen LogP contribution in [0, 0.1) is 0 Å². The molecule has 2 rings (SSSR count). The molecule has 1 aromatic heterocycles. The number of hydrogen-bond donors (Lipinski definition) is 1. The van der Waals surface area contributed by atoms with Gasteiger partial charge < -0.3 is 5.11 Å². The summed E-state index contributed by atoms with van der Waals surface area (Å²) in [6, 6.07) is 7.82. The van der Waals surface area contributed by atoms with Gasteiger partial charge in [0.15, 0.2) is 0 Å². The molecule has 14 heavy (non-hydrogen) atoms. The second-order valence-electron chi connectivity index (χ2n) is 3.20. The van der Waals surface area contributed by atoms with Gasteiger partial charge in [0.25, 0.3) is 0 Å². The first-order chi connectivity index (χ1) is 6.74. The quantitative estimate of drug-likeness (QED) is 0.833. The number of aliphatic hydroxyl groups is 1. The summed E-state index contributed by atoms with van der Waals surface area (Å²) in [5.74, 6) is 0. The van der Waals surface area contributed by atoms with Crippen LogP contribution < -0.4 is 0 Å². The van der Waals surface area contributed by atoms with E-state index < -0.39 is 6.10 Å². The van der Waals surface area contributed by atoms with E-state index in [0.29, 0.717) is 5.33 Å². The molecule has 0 saturated heterocycles. The Labute approximate surface area is 90.5 Å². The van der Waals surface area contributed by atoms with E-state index in [4.69, 9.17) is 0 Å². The minimum Gasteiger partial charge on any atom is -0.386 e. The molecular weight excluding hydrogens is 244 g/mol. The second kappa shape index (κ2) is 3.71. The maximum Gasteiger partial charge on any atom is 0.106 e. The summed E-state index contributed by atoms with van der Waals surface area (Å²) in [5.41, 5.74) is 1.78. The molecule has 1 heterocycles. The fourth-order valence-corrected chi connectivity index (χ4v) is 1.94. The Morgan fingerprint density at radius 2 is 2.21 bits per heavy atom. The van der Waals surface area contributed by atoms with Gasteiger partial charge in [0.1, 0.15) is 6.10 Å². The number of aryl methyl sites for hydroxylation is 1. The van der Waals surface area contributed by atoms with Crippen LogP contribution in [0.5, 0.6) is 0 Å². The van der Waals surface area contributed by atoms with Crippen molar-refractivity contribution in [2.24, 2.45) is 7.05 Å². The van der Waals surface area contributed by atoms with Crippen LogP contribution >= 0.6 is 15.9 Å². The number of benzene rings is 1. The Bertz CT molecular complexity index is 452. The molecular formula is C10H11BrN2O. The maximum absolute atomic E-state index is 9.79. The Balaban J connectivity index is 2.67. The lowest BCUT2D eigenvalue weighted by Gasteiger charge is -2.07. The van der Waals surface area contributed by atoms with E-state index in [1.165, 1.54) is 0 Å². The first-order valence-corrected chi connectivity index (χ1v) is 5.52. The SMILES string of the molecule is Cn1nc2ccccc2c1C(O)CBr. The minimum absolute atomic E-state index is 0.507. The molecule has 0 aliphatic heterocycles. The van der Waals surface area contributed by atoms with E-state index in [-0.39, 0.29) is 0 Å². The minimum atomic E-state index is -0.507. The van der Waals surface area contributed by atoms with Gasteiger partial charge in [0, 0.05) is 17.8 Å². The van der Waals surface area contributed by atoms with E-state index >= 15 is 0 Å². The van der Waals surface area contributed by atoms with Crippen molar-refractivity contribution in [3.05, 3.63) is 30.0 Å². The third-order valence-electron chi connectivity index (χ3n) is 2.25. The van der Waals surface area contributed by atoms with Crippen LogP contribution in [0.4, 0.5) is 0 Å². The van der Waals surface area contributed by atoms with Crippen molar-refractivity contribution in [1.82, 2.24) is 9.78 Å². The third-order valence-corrected chi connectivity index (χ3v) is 2.86. The molecule has 74 valence electrons. The highest BCUT2D eigenvalue weighted by Crippen LogP contribution is 2.24. The smallest absolute Gasteiger partial charge is 0.106 e. The van der Waals surface area contributed by atoms with Crippen LogP contribution in [-0.4, -0.2) is 20.2 Å². The first-order valence-electron chi connectivity index (χ1n) is 4.39. The van der Waals surface area contributed by atoms with Gasteiger partial charge in [-0.05, 0) is 6.07 Å². The first kappa shape index (κ1) is 9.68. The highest BCUT2D eigenvalue weighted by Gasteiger charge is 2.15. The van der Waals surface area contributed by atoms with Crippen molar-refractivity contribution in [3.63, 3.8) is 0 Å². The highest BCUT2D eigenvalue weighted by atomic mass is 79.9. The molecule has 4 heteroatoms. The number of aromatic nitrogens is 2. The van der Waals surface area contributed by atoms with Gasteiger partial charge in [-0.15, -0.1) is 0 Å². The molecule has 0 amide bonds. The van der Waals surface area contributed by atoms with Gasteiger partial charge in [-0.25, -0.2) is 0 Å². The van der Waals surface area contributed by atoms with Gasteiger partial charge >= 0.3 is 0 Å². The summed E-state index contributed by atoms with van der Waals surface area (Å²) >= 11 is 3.26. The maximum atomic E-state index is 9.79. The zero-order chi connectivity index (χ0) is 10.1. The Morgan fingerprint density at radius 1 is 1.50 bits per heavy atom. The molecule has 0 aliphatic rings. The monoisotopic (exact) mass is 254 g/mol. The van der Waals surface area contributed by atoms with Crippen LogP contribution in [0.3, 0.4) is 0 Å². The lowest BCUT2D eigenvalue weighted by molar-refractivity contribution is 0.196. The van der Waals surface area contributed by atoms with Gasteiger partial charge in [-0.2, -0.15) is 5.10 Å². The molecule has 0 bridgehead atoms. The molecule has 1 N–H and O–H groups in total. The Hall–Kier alpha value is -0.870. The third kappa shape index (κ3) is 1.44. The number of fused-ring (bicyclic) bond motifs is 1. The summed E-state index contributed by atoms with van der Waals surface area (Å²) in [7, 11) is 1.85. The van der Waals surface area contributed by atoms with Crippen molar-refractivity contribution in [2.75, 3.05) is 5.33 Å². The molecule has 1 atom stereocenters. The van der Waals surface area contributed by atoms with Gasteiger partial charge in [-0.3, -0.25) is 4.68 Å². The van der Waals surface area contributed by atoms with Crippen molar-refractivity contribution >= 4 is 26.8 Å². The molecule has 0 aliphatic carbocycles. The van der Waals surface area contributed by atoms with Crippen molar-refractivity contribution < 1.29 is 5.11 Å². The molecule has 0 saturated carbocycles. The molecule has 3 nitrogen and oxygen atoms in total. The molecule has 1 aromatic carbocycles. The summed E-state index contributed by atoms with van der Waals surface area (Å²) < 4.78 is 1.73.